The second kappa shape index (κ2) is 10.4. The molecule has 0 spiro atoms. The zero-order valence-corrected chi connectivity index (χ0v) is 19.1. The van der Waals surface area contributed by atoms with Gasteiger partial charge in [0.25, 0.3) is 0 Å². The summed E-state index contributed by atoms with van der Waals surface area (Å²) in [5, 5.41) is 3.01. The van der Waals surface area contributed by atoms with Crippen molar-refractivity contribution in [3.63, 3.8) is 0 Å². The van der Waals surface area contributed by atoms with E-state index in [2.05, 4.69) is 30.4 Å². The number of carbonyl (C=O) groups excluding carboxylic acids is 2. The van der Waals surface area contributed by atoms with Crippen molar-refractivity contribution < 1.29 is 9.59 Å². The van der Waals surface area contributed by atoms with Gasteiger partial charge < -0.3 is 5.32 Å². The third-order valence-electron chi connectivity index (χ3n) is 6.35. The van der Waals surface area contributed by atoms with Crippen LogP contribution in [-0.4, -0.2) is 17.6 Å². The van der Waals surface area contributed by atoms with Crippen LogP contribution in [0.3, 0.4) is 0 Å². The minimum Gasteiger partial charge on any atom is -0.326 e. The Bertz CT molecular complexity index is 923. The highest BCUT2D eigenvalue weighted by molar-refractivity contribution is 8.00. The number of aryl methyl sites for hydroxylation is 1. The SMILES string of the molecule is CCCc1ccccc1N1C(=O)CSC1c1cccc(NC(=O)CCC2CCCC2)c1. The third kappa shape index (κ3) is 5.32. The summed E-state index contributed by atoms with van der Waals surface area (Å²) in [5.74, 6) is 1.42. The molecular weight excluding hydrogens is 404 g/mol. The van der Waals surface area contributed by atoms with Gasteiger partial charge in [-0.2, -0.15) is 0 Å². The Hall–Kier alpha value is -2.27. The van der Waals surface area contributed by atoms with Crippen LogP contribution in [0.4, 0.5) is 11.4 Å². The van der Waals surface area contributed by atoms with Gasteiger partial charge >= 0.3 is 0 Å². The van der Waals surface area contributed by atoms with Crippen molar-refractivity contribution in [1.29, 1.82) is 0 Å². The first-order valence-electron chi connectivity index (χ1n) is 11.6. The smallest absolute Gasteiger partial charge is 0.238 e. The van der Waals surface area contributed by atoms with Gasteiger partial charge in [-0.3, -0.25) is 14.5 Å². The number of anilines is 2. The summed E-state index contributed by atoms with van der Waals surface area (Å²) in [7, 11) is 0. The van der Waals surface area contributed by atoms with Crippen LogP contribution in [0.1, 0.15) is 68.4 Å². The lowest BCUT2D eigenvalue weighted by molar-refractivity contribution is -0.117. The van der Waals surface area contributed by atoms with Crippen LogP contribution in [0.5, 0.6) is 0 Å². The van der Waals surface area contributed by atoms with Crippen LogP contribution in [0.15, 0.2) is 48.5 Å². The molecule has 1 unspecified atom stereocenters. The number of benzene rings is 2. The monoisotopic (exact) mass is 436 g/mol. The maximum Gasteiger partial charge on any atom is 0.238 e. The van der Waals surface area contributed by atoms with Crippen LogP contribution in [0.25, 0.3) is 0 Å². The van der Waals surface area contributed by atoms with Crippen LogP contribution in [-0.2, 0) is 16.0 Å². The van der Waals surface area contributed by atoms with E-state index in [9.17, 15) is 9.59 Å². The van der Waals surface area contributed by atoms with E-state index >= 15 is 0 Å². The molecule has 1 aliphatic carbocycles. The van der Waals surface area contributed by atoms with E-state index in [1.165, 1.54) is 31.2 Å². The molecule has 0 bridgehead atoms. The van der Waals surface area contributed by atoms with Gasteiger partial charge in [-0.15, -0.1) is 11.8 Å². The summed E-state index contributed by atoms with van der Waals surface area (Å²) in [6.07, 6.45) is 8.72. The number of rotatable bonds is 8. The van der Waals surface area contributed by atoms with Crippen LogP contribution in [0.2, 0.25) is 0 Å². The van der Waals surface area contributed by atoms with E-state index in [4.69, 9.17) is 0 Å². The minimum absolute atomic E-state index is 0.0687. The highest BCUT2D eigenvalue weighted by Gasteiger charge is 2.35. The number of thioether (sulfide) groups is 1. The highest BCUT2D eigenvalue weighted by atomic mass is 32.2. The first-order valence-corrected chi connectivity index (χ1v) is 12.6. The molecule has 31 heavy (non-hydrogen) atoms. The van der Waals surface area contributed by atoms with Crippen LogP contribution in [0, 0.1) is 5.92 Å². The molecule has 0 aromatic heterocycles. The van der Waals surface area contributed by atoms with Gasteiger partial charge in [-0.05, 0) is 48.1 Å². The van der Waals surface area contributed by atoms with E-state index in [0.29, 0.717) is 12.2 Å². The summed E-state index contributed by atoms with van der Waals surface area (Å²) < 4.78 is 0. The molecule has 164 valence electrons. The fourth-order valence-corrected chi connectivity index (χ4v) is 5.94. The van der Waals surface area contributed by atoms with E-state index in [-0.39, 0.29) is 17.2 Å². The van der Waals surface area contributed by atoms with Crippen molar-refractivity contribution in [1.82, 2.24) is 0 Å². The van der Waals surface area contributed by atoms with Crippen molar-refractivity contribution in [2.75, 3.05) is 16.0 Å². The number of para-hydroxylation sites is 1. The average molecular weight is 437 g/mol. The Morgan fingerprint density at radius 2 is 1.94 bits per heavy atom. The molecule has 4 rings (SSSR count). The number of amides is 2. The minimum atomic E-state index is -0.0687. The highest BCUT2D eigenvalue weighted by Crippen LogP contribution is 2.43. The number of hydrogen-bond donors (Lipinski definition) is 1. The molecule has 1 heterocycles. The molecule has 1 saturated carbocycles. The van der Waals surface area contributed by atoms with Gasteiger partial charge in [0.15, 0.2) is 0 Å². The standard InChI is InChI=1S/C26H32N2O2S/c1-2-8-20-11-5-6-14-23(20)28-25(30)18-31-26(28)21-12-7-13-22(17-21)27-24(29)16-15-19-9-3-4-10-19/h5-7,11-14,17,19,26H,2-4,8-10,15-16,18H2,1H3,(H,27,29). The Labute approximate surface area is 189 Å². The number of nitrogens with zero attached hydrogens (tertiary/aromatic N) is 1. The van der Waals surface area contributed by atoms with Gasteiger partial charge in [-0.25, -0.2) is 0 Å². The molecule has 2 aliphatic rings. The molecule has 5 heteroatoms. The van der Waals surface area contributed by atoms with E-state index in [1.54, 1.807) is 11.8 Å². The molecule has 2 aromatic rings. The Morgan fingerprint density at radius 1 is 1.13 bits per heavy atom. The summed E-state index contributed by atoms with van der Waals surface area (Å²) >= 11 is 1.65. The Kier molecular flexibility index (Phi) is 7.33. The summed E-state index contributed by atoms with van der Waals surface area (Å²) in [5.41, 5.74) is 4.09. The largest absolute Gasteiger partial charge is 0.326 e. The van der Waals surface area contributed by atoms with Crippen LogP contribution < -0.4 is 10.2 Å². The normalized spacial score (nSPS) is 19.2. The second-order valence-corrected chi connectivity index (χ2v) is 9.74. The zero-order valence-electron chi connectivity index (χ0n) is 18.3. The molecule has 2 aromatic carbocycles. The Balaban J connectivity index is 1.48. The lowest BCUT2D eigenvalue weighted by Gasteiger charge is -2.27. The molecule has 1 N–H and O–H groups in total. The Morgan fingerprint density at radius 3 is 2.74 bits per heavy atom. The number of carbonyl (C=O) groups is 2. The molecule has 2 fully saturated rings. The first-order chi connectivity index (χ1) is 15.2. The maximum absolute atomic E-state index is 12.8. The lowest BCUT2D eigenvalue weighted by Crippen LogP contribution is -2.28. The predicted octanol–water partition coefficient (Wildman–Crippen LogP) is 6.33. The zero-order chi connectivity index (χ0) is 21.6. The van der Waals surface area contributed by atoms with Gasteiger partial charge in [0.05, 0.1) is 5.75 Å². The number of hydrogen-bond acceptors (Lipinski definition) is 3. The van der Waals surface area contributed by atoms with Crippen molar-refractivity contribution in [3.05, 3.63) is 59.7 Å². The molecule has 4 nitrogen and oxygen atoms in total. The lowest BCUT2D eigenvalue weighted by atomic mass is 10.0. The summed E-state index contributed by atoms with van der Waals surface area (Å²) in [6, 6.07) is 16.2. The van der Waals surface area contributed by atoms with Crippen molar-refractivity contribution in [3.8, 4) is 0 Å². The van der Waals surface area contributed by atoms with Gasteiger partial charge in [0, 0.05) is 17.8 Å². The van der Waals surface area contributed by atoms with Crippen molar-refractivity contribution in [2.45, 2.75) is 63.7 Å². The number of nitrogens with one attached hydrogen (secondary N) is 1. The third-order valence-corrected chi connectivity index (χ3v) is 7.56. The fraction of sp³-hybridized carbons (Fsp3) is 0.462. The molecule has 2 amide bonds. The second-order valence-electron chi connectivity index (χ2n) is 8.67. The molecule has 1 saturated heterocycles. The topological polar surface area (TPSA) is 49.4 Å². The first kappa shape index (κ1) is 21.9. The molecular formula is C26H32N2O2S. The van der Waals surface area contributed by atoms with Crippen molar-refractivity contribution >= 4 is 35.0 Å². The quantitative estimate of drug-likeness (QED) is 0.526. The van der Waals surface area contributed by atoms with Crippen molar-refractivity contribution in [2.24, 2.45) is 5.92 Å². The van der Waals surface area contributed by atoms with E-state index in [1.807, 2.05) is 35.2 Å². The van der Waals surface area contributed by atoms with Gasteiger partial charge in [0.1, 0.15) is 5.37 Å². The fourth-order valence-electron chi connectivity index (χ4n) is 4.79. The molecule has 1 aliphatic heterocycles. The van der Waals surface area contributed by atoms with Gasteiger partial charge in [-0.1, -0.05) is 69.4 Å². The van der Waals surface area contributed by atoms with E-state index in [0.717, 1.165) is 42.1 Å². The van der Waals surface area contributed by atoms with Crippen LogP contribution >= 0.6 is 11.8 Å². The summed E-state index contributed by atoms with van der Waals surface area (Å²) in [4.78, 5) is 27.2. The van der Waals surface area contributed by atoms with Gasteiger partial charge in [0.2, 0.25) is 11.8 Å². The maximum atomic E-state index is 12.8. The predicted molar refractivity (Wildman–Crippen MR) is 129 cm³/mol. The molecule has 1 atom stereocenters. The molecule has 0 radical (unpaired) electrons. The average Bonchev–Trinajstić information content (AvgIpc) is 3.43. The van der Waals surface area contributed by atoms with E-state index < -0.39 is 0 Å². The summed E-state index contributed by atoms with van der Waals surface area (Å²) in [6.45, 7) is 2.16.